The van der Waals surface area contributed by atoms with E-state index in [0.29, 0.717) is 28.5 Å². The Morgan fingerprint density at radius 3 is 2.63 bits per heavy atom. The number of aromatic nitrogens is 2. The van der Waals surface area contributed by atoms with Gasteiger partial charge in [0, 0.05) is 17.8 Å². The SMILES string of the molecule is CC1=C(c2nc(-c3ccc4c(c3)OCO4)no2)C(c2ccc(C)c(C)c2)NC(=S)N1CCC(C)C. The summed E-state index contributed by atoms with van der Waals surface area (Å²) in [6.45, 7) is 11.8. The summed E-state index contributed by atoms with van der Waals surface area (Å²) in [6, 6.07) is 11.9. The Hall–Kier alpha value is -3.39. The third-order valence-corrected chi connectivity index (χ3v) is 7.02. The lowest BCUT2D eigenvalue weighted by Gasteiger charge is -2.37. The summed E-state index contributed by atoms with van der Waals surface area (Å²) in [4.78, 5) is 6.95. The van der Waals surface area contributed by atoms with E-state index in [1.54, 1.807) is 0 Å². The zero-order valence-electron chi connectivity index (χ0n) is 20.7. The fraction of sp³-hybridized carbons (Fsp3) is 0.370. The molecule has 182 valence electrons. The maximum Gasteiger partial charge on any atom is 0.258 e. The van der Waals surface area contributed by atoms with Crippen LogP contribution in [0.2, 0.25) is 0 Å². The van der Waals surface area contributed by atoms with Crippen LogP contribution in [0.1, 0.15) is 55.8 Å². The number of nitrogens with zero attached hydrogens (tertiary/aromatic N) is 3. The van der Waals surface area contributed by atoms with E-state index in [4.69, 9.17) is 31.2 Å². The molecule has 0 saturated carbocycles. The molecule has 0 radical (unpaired) electrons. The molecule has 8 heteroatoms. The van der Waals surface area contributed by atoms with E-state index in [1.807, 2.05) is 18.2 Å². The lowest BCUT2D eigenvalue weighted by atomic mass is 9.92. The topological polar surface area (TPSA) is 72.6 Å². The molecule has 0 amide bonds. The molecule has 0 saturated heterocycles. The zero-order chi connectivity index (χ0) is 24.7. The van der Waals surface area contributed by atoms with Crippen LogP contribution in [0.15, 0.2) is 46.6 Å². The minimum absolute atomic E-state index is 0.192. The Morgan fingerprint density at radius 2 is 1.86 bits per heavy atom. The van der Waals surface area contributed by atoms with Gasteiger partial charge in [-0.2, -0.15) is 4.98 Å². The van der Waals surface area contributed by atoms with E-state index in [1.165, 1.54) is 11.1 Å². The molecular weight excluding hydrogens is 460 g/mol. The zero-order valence-corrected chi connectivity index (χ0v) is 21.5. The van der Waals surface area contributed by atoms with Gasteiger partial charge >= 0.3 is 0 Å². The molecule has 0 fully saturated rings. The van der Waals surface area contributed by atoms with Gasteiger partial charge in [0.05, 0.1) is 11.6 Å². The van der Waals surface area contributed by atoms with Gasteiger partial charge in [-0.1, -0.05) is 37.2 Å². The number of benzene rings is 2. The van der Waals surface area contributed by atoms with E-state index < -0.39 is 0 Å². The third kappa shape index (κ3) is 4.50. The van der Waals surface area contributed by atoms with Crippen LogP contribution < -0.4 is 14.8 Å². The average Bonchev–Trinajstić information content (AvgIpc) is 3.49. The largest absolute Gasteiger partial charge is 0.454 e. The van der Waals surface area contributed by atoms with E-state index >= 15 is 0 Å². The molecule has 1 aromatic heterocycles. The number of aryl methyl sites for hydroxylation is 2. The summed E-state index contributed by atoms with van der Waals surface area (Å²) in [6.07, 6.45) is 1.02. The second kappa shape index (κ2) is 9.34. The van der Waals surface area contributed by atoms with Gasteiger partial charge in [-0.25, -0.2) is 0 Å². The Bertz CT molecular complexity index is 1310. The summed E-state index contributed by atoms with van der Waals surface area (Å²) in [5.74, 6) is 2.94. The standard InChI is InChI=1S/C27H30N4O3S/c1-15(2)10-11-31-18(5)23(24(28-27(31)35)19-7-6-16(3)17(4)12-19)26-29-25(30-34-26)20-8-9-21-22(13-20)33-14-32-21/h6-9,12-13,15,24H,10-11,14H2,1-5H3,(H,28,35). The highest BCUT2D eigenvalue weighted by atomic mass is 32.1. The number of ether oxygens (including phenoxy) is 2. The molecule has 3 aromatic rings. The lowest BCUT2D eigenvalue weighted by molar-refractivity contribution is 0.174. The smallest absolute Gasteiger partial charge is 0.258 e. The normalized spacial score (nSPS) is 17.4. The van der Waals surface area contributed by atoms with Crippen molar-refractivity contribution in [3.63, 3.8) is 0 Å². The Labute approximate surface area is 211 Å². The second-order valence-corrected chi connectivity index (χ2v) is 9.94. The van der Waals surface area contributed by atoms with Crippen LogP contribution in [0.5, 0.6) is 11.5 Å². The summed E-state index contributed by atoms with van der Waals surface area (Å²) in [5, 5.41) is 8.57. The van der Waals surface area contributed by atoms with Crippen LogP contribution in [-0.4, -0.2) is 33.5 Å². The molecular formula is C27H30N4O3S. The number of nitrogens with one attached hydrogen (secondary N) is 1. The van der Waals surface area contributed by atoms with Gasteiger partial charge in [0.1, 0.15) is 0 Å². The average molecular weight is 491 g/mol. The second-order valence-electron chi connectivity index (χ2n) is 9.55. The predicted molar refractivity (Wildman–Crippen MR) is 139 cm³/mol. The van der Waals surface area contributed by atoms with E-state index in [0.717, 1.165) is 41.1 Å². The first-order chi connectivity index (χ1) is 16.8. The summed E-state index contributed by atoms with van der Waals surface area (Å²) < 4.78 is 16.8. The van der Waals surface area contributed by atoms with Crippen molar-refractivity contribution in [3.8, 4) is 22.9 Å². The Balaban J connectivity index is 1.57. The molecule has 35 heavy (non-hydrogen) atoms. The van der Waals surface area contributed by atoms with Gasteiger partial charge in [-0.15, -0.1) is 0 Å². The quantitative estimate of drug-likeness (QED) is 0.435. The van der Waals surface area contributed by atoms with Crippen LogP contribution in [0.25, 0.3) is 17.0 Å². The van der Waals surface area contributed by atoms with Crippen molar-refractivity contribution in [1.29, 1.82) is 0 Å². The van der Waals surface area contributed by atoms with E-state index in [-0.39, 0.29) is 12.8 Å². The highest BCUT2D eigenvalue weighted by Gasteiger charge is 2.34. The van der Waals surface area contributed by atoms with Crippen LogP contribution >= 0.6 is 12.2 Å². The minimum Gasteiger partial charge on any atom is -0.454 e. The van der Waals surface area contributed by atoms with Crippen LogP contribution in [0.3, 0.4) is 0 Å². The number of rotatable bonds is 6. The van der Waals surface area contributed by atoms with Gasteiger partial charge in [-0.3, -0.25) is 0 Å². The van der Waals surface area contributed by atoms with Crippen molar-refractivity contribution < 1.29 is 14.0 Å². The maximum atomic E-state index is 5.86. The fourth-order valence-electron chi connectivity index (χ4n) is 4.39. The van der Waals surface area contributed by atoms with Crippen LogP contribution in [0.4, 0.5) is 0 Å². The van der Waals surface area contributed by atoms with Gasteiger partial charge in [0.25, 0.3) is 5.89 Å². The van der Waals surface area contributed by atoms with Crippen LogP contribution in [0, 0.1) is 19.8 Å². The Morgan fingerprint density at radius 1 is 1.06 bits per heavy atom. The highest BCUT2D eigenvalue weighted by molar-refractivity contribution is 7.80. The monoisotopic (exact) mass is 490 g/mol. The molecule has 2 aliphatic rings. The third-order valence-electron chi connectivity index (χ3n) is 6.68. The Kier molecular flexibility index (Phi) is 6.23. The van der Waals surface area contributed by atoms with Crippen LogP contribution in [-0.2, 0) is 0 Å². The van der Waals surface area contributed by atoms with E-state index in [9.17, 15) is 0 Å². The van der Waals surface area contributed by atoms with Gasteiger partial charge in [0.15, 0.2) is 16.6 Å². The molecule has 7 nitrogen and oxygen atoms in total. The number of fused-ring (bicyclic) bond motifs is 1. The molecule has 1 unspecified atom stereocenters. The minimum atomic E-state index is -0.192. The van der Waals surface area contributed by atoms with Crippen molar-refractivity contribution in [1.82, 2.24) is 20.4 Å². The number of thiocarbonyl (C=S) groups is 1. The molecule has 2 aliphatic heterocycles. The lowest BCUT2D eigenvalue weighted by Crippen LogP contribution is -2.46. The van der Waals surface area contributed by atoms with Crippen molar-refractivity contribution in [2.24, 2.45) is 5.92 Å². The molecule has 0 aliphatic carbocycles. The number of allylic oxidation sites excluding steroid dienone is 1. The molecule has 1 atom stereocenters. The number of hydrogen-bond donors (Lipinski definition) is 1. The first kappa shape index (κ1) is 23.4. The summed E-state index contributed by atoms with van der Waals surface area (Å²) >= 11 is 5.81. The summed E-state index contributed by atoms with van der Waals surface area (Å²) in [5.41, 5.74) is 6.35. The van der Waals surface area contributed by atoms with Crippen molar-refractivity contribution in [2.75, 3.05) is 13.3 Å². The van der Waals surface area contributed by atoms with E-state index in [2.05, 4.69) is 68.2 Å². The van der Waals surface area contributed by atoms with Gasteiger partial charge in [-0.05, 0) is 80.2 Å². The van der Waals surface area contributed by atoms with Gasteiger partial charge < -0.3 is 24.2 Å². The number of hydrogen-bond acceptors (Lipinski definition) is 6. The molecule has 0 spiro atoms. The molecule has 5 rings (SSSR count). The molecule has 0 bridgehead atoms. The van der Waals surface area contributed by atoms with Crippen molar-refractivity contribution >= 4 is 22.9 Å². The molecule has 2 aromatic carbocycles. The highest BCUT2D eigenvalue weighted by Crippen LogP contribution is 2.39. The summed E-state index contributed by atoms with van der Waals surface area (Å²) in [7, 11) is 0. The molecule has 3 heterocycles. The van der Waals surface area contributed by atoms with Crippen molar-refractivity contribution in [2.45, 2.75) is 47.1 Å². The first-order valence-corrected chi connectivity index (χ1v) is 12.3. The van der Waals surface area contributed by atoms with Crippen molar-refractivity contribution in [3.05, 3.63) is 64.7 Å². The predicted octanol–water partition coefficient (Wildman–Crippen LogP) is 5.79. The maximum absolute atomic E-state index is 5.86. The molecule has 1 N–H and O–H groups in total. The first-order valence-electron chi connectivity index (χ1n) is 11.9. The fourth-order valence-corrected chi connectivity index (χ4v) is 4.74. The van der Waals surface area contributed by atoms with Gasteiger partial charge in [0.2, 0.25) is 12.6 Å².